The van der Waals surface area contributed by atoms with E-state index in [0.29, 0.717) is 16.8 Å². The number of benzene rings is 2. The summed E-state index contributed by atoms with van der Waals surface area (Å²) in [5.41, 5.74) is 9.13. The number of nitriles is 1. The number of methoxy groups -OCH3 is 2. The average molecular weight is 390 g/mol. The van der Waals surface area contributed by atoms with Gasteiger partial charge in [0, 0.05) is 0 Å². The molecule has 0 spiro atoms. The molecule has 0 amide bonds. The van der Waals surface area contributed by atoms with Crippen LogP contribution in [0.1, 0.15) is 17.0 Å². The molecule has 0 radical (unpaired) electrons. The van der Waals surface area contributed by atoms with Crippen LogP contribution >= 0.6 is 0 Å². The monoisotopic (exact) mass is 390 g/mol. The maximum atomic E-state index is 10.3. The minimum atomic E-state index is -0.596. The normalized spacial score (nSPS) is 15.3. The van der Waals surface area contributed by atoms with Crippen LogP contribution in [-0.4, -0.2) is 29.5 Å². The largest absolute Gasteiger partial charge is 0.502 e. The van der Waals surface area contributed by atoms with Gasteiger partial charge < -0.3 is 25.1 Å². The van der Waals surface area contributed by atoms with Gasteiger partial charge in [-0.1, -0.05) is 30.3 Å². The lowest BCUT2D eigenvalue weighted by atomic mass is 9.82. The highest BCUT2D eigenvalue weighted by atomic mass is 16.5. The topological polar surface area (TPSA) is 126 Å². The third kappa shape index (κ3) is 2.89. The highest BCUT2D eigenvalue weighted by Crippen LogP contribution is 2.48. The number of ether oxygens (including phenoxy) is 3. The molecule has 0 saturated carbocycles. The summed E-state index contributed by atoms with van der Waals surface area (Å²) >= 11 is 0. The molecule has 1 aliphatic heterocycles. The van der Waals surface area contributed by atoms with E-state index in [2.05, 4.69) is 16.3 Å². The molecule has 0 aliphatic carbocycles. The first-order valence-electron chi connectivity index (χ1n) is 8.75. The molecule has 0 bridgehead atoms. The number of phenolic OH excluding ortho intramolecular Hbond substituents is 1. The lowest BCUT2D eigenvalue weighted by Crippen LogP contribution is -2.21. The van der Waals surface area contributed by atoms with Crippen molar-refractivity contribution in [2.24, 2.45) is 5.73 Å². The fourth-order valence-electron chi connectivity index (χ4n) is 3.48. The lowest BCUT2D eigenvalue weighted by molar-refractivity contribution is 0.338. The summed E-state index contributed by atoms with van der Waals surface area (Å²) in [7, 11) is 2.88. The summed E-state index contributed by atoms with van der Waals surface area (Å²) in [6.45, 7) is 0. The van der Waals surface area contributed by atoms with Crippen LogP contribution in [0.2, 0.25) is 0 Å². The zero-order valence-corrected chi connectivity index (χ0v) is 15.8. The Hall–Kier alpha value is -4.12. The van der Waals surface area contributed by atoms with Crippen molar-refractivity contribution < 1.29 is 19.3 Å². The number of hydrogen-bond donors (Lipinski definition) is 3. The second-order valence-electron chi connectivity index (χ2n) is 6.38. The number of H-pyrrole nitrogens is 1. The second kappa shape index (κ2) is 7.13. The van der Waals surface area contributed by atoms with Gasteiger partial charge in [0.15, 0.2) is 11.5 Å². The van der Waals surface area contributed by atoms with Crippen LogP contribution in [0.4, 0.5) is 0 Å². The molecule has 1 atom stereocenters. The Kier molecular flexibility index (Phi) is 4.49. The van der Waals surface area contributed by atoms with Crippen LogP contribution in [0.5, 0.6) is 23.1 Å². The number of fused-ring (bicyclic) bond motifs is 1. The molecule has 1 aromatic heterocycles. The van der Waals surface area contributed by atoms with E-state index in [4.69, 9.17) is 19.9 Å². The summed E-state index contributed by atoms with van der Waals surface area (Å²) in [6.07, 6.45) is 0. The molecule has 146 valence electrons. The van der Waals surface area contributed by atoms with Gasteiger partial charge in [0.05, 0.1) is 31.4 Å². The smallest absolute Gasteiger partial charge is 0.244 e. The van der Waals surface area contributed by atoms with E-state index >= 15 is 0 Å². The quantitative estimate of drug-likeness (QED) is 0.625. The van der Waals surface area contributed by atoms with Gasteiger partial charge in [-0.25, -0.2) is 0 Å². The van der Waals surface area contributed by atoms with Gasteiger partial charge in [-0.05, 0) is 23.3 Å². The van der Waals surface area contributed by atoms with Gasteiger partial charge in [-0.15, -0.1) is 5.10 Å². The highest BCUT2D eigenvalue weighted by molar-refractivity contribution is 5.71. The zero-order chi connectivity index (χ0) is 20.5. The molecule has 1 aliphatic rings. The Labute approximate surface area is 166 Å². The Bertz CT molecular complexity index is 1120. The van der Waals surface area contributed by atoms with Crippen LogP contribution in [0, 0.1) is 11.3 Å². The molecule has 8 heteroatoms. The molecule has 1 unspecified atom stereocenters. The third-order valence-electron chi connectivity index (χ3n) is 4.84. The van der Waals surface area contributed by atoms with E-state index in [1.54, 1.807) is 12.1 Å². The molecule has 3 aromatic rings. The molecular weight excluding hydrogens is 372 g/mol. The maximum Gasteiger partial charge on any atom is 0.244 e. The minimum absolute atomic E-state index is 0.0258. The molecule has 8 nitrogen and oxygen atoms in total. The molecule has 29 heavy (non-hydrogen) atoms. The predicted molar refractivity (Wildman–Crippen MR) is 105 cm³/mol. The highest BCUT2D eigenvalue weighted by Gasteiger charge is 2.36. The van der Waals surface area contributed by atoms with Crippen molar-refractivity contribution in [3.8, 4) is 40.5 Å². The lowest BCUT2D eigenvalue weighted by Gasteiger charge is -2.25. The fourth-order valence-corrected chi connectivity index (χ4v) is 3.48. The Morgan fingerprint density at radius 2 is 1.83 bits per heavy atom. The van der Waals surface area contributed by atoms with E-state index in [-0.39, 0.29) is 34.6 Å². The minimum Gasteiger partial charge on any atom is -0.502 e. The average Bonchev–Trinajstić information content (AvgIpc) is 3.17. The number of nitrogens with zero attached hydrogens (tertiary/aromatic N) is 2. The van der Waals surface area contributed by atoms with E-state index in [9.17, 15) is 10.4 Å². The SMILES string of the molecule is COc1cc(C2C(C#N)=C(N)Oc3n[nH]c(-c4ccccc4)c32)cc(OC)c1O. The van der Waals surface area contributed by atoms with Gasteiger partial charge in [0.2, 0.25) is 17.5 Å². The van der Waals surface area contributed by atoms with Crippen molar-refractivity contribution in [2.75, 3.05) is 14.2 Å². The number of nitrogens with one attached hydrogen (secondary N) is 1. The van der Waals surface area contributed by atoms with Crippen molar-refractivity contribution in [3.05, 3.63) is 65.0 Å². The van der Waals surface area contributed by atoms with Crippen LogP contribution in [0.15, 0.2) is 53.9 Å². The standard InChI is InChI=1S/C21H18N4O4/c1-27-14-8-12(9-15(28-2)19(14)26)16-13(10-22)20(23)29-21-17(16)18(24-25-21)11-6-4-3-5-7-11/h3-9,16,26H,23H2,1-2H3,(H,24,25). The van der Waals surface area contributed by atoms with Crippen molar-refractivity contribution in [1.29, 1.82) is 5.26 Å². The number of rotatable bonds is 4. The summed E-state index contributed by atoms with van der Waals surface area (Å²) in [5, 5.41) is 27.3. The van der Waals surface area contributed by atoms with E-state index in [1.807, 2.05) is 30.3 Å². The second-order valence-corrected chi connectivity index (χ2v) is 6.38. The van der Waals surface area contributed by atoms with Gasteiger partial charge in [-0.2, -0.15) is 5.26 Å². The molecular formula is C21H18N4O4. The molecule has 2 heterocycles. The van der Waals surface area contributed by atoms with Crippen LogP contribution in [0.25, 0.3) is 11.3 Å². The summed E-state index contributed by atoms with van der Waals surface area (Å²) in [6, 6.07) is 15.0. The Morgan fingerprint density at radius 1 is 1.17 bits per heavy atom. The number of aromatic hydroxyl groups is 1. The molecule has 2 aromatic carbocycles. The first-order valence-corrected chi connectivity index (χ1v) is 8.75. The first-order chi connectivity index (χ1) is 14.1. The summed E-state index contributed by atoms with van der Waals surface area (Å²) in [4.78, 5) is 0. The number of hydrogen-bond acceptors (Lipinski definition) is 7. The number of aromatic amines is 1. The van der Waals surface area contributed by atoms with Crippen molar-refractivity contribution >= 4 is 0 Å². The predicted octanol–water partition coefficient (Wildman–Crippen LogP) is 3.02. The van der Waals surface area contributed by atoms with Crippen molar-refractivity contribution in [3.63, 3.8) is 0 Å². The third-order valence-corrected chi connectivity index (χ3v) is 4.84. The van der Waals surface area contributed by atoms with E-state index < -0.39 is 5.92 Å². The van der Waals surface area contributed by atoms with Gasteiger partial charge in [0.25, 0.3) is 0 Å². The van der Waals surface area contributed by atoms with Gasteiger partial charge >= 0.3 is 0 Å². The molecule has 0 fully saturated rings. The first kappa shape index (κ1) is 18.3. The van der Waals surface area contributed by atoms with Gasteiger partial charge in [-0.3, -0.25) is 5.10 Å². The number of aromatic nitrogens is 2. The summed E-state index contributed by atoms with van der Waals surface area (Å²) < 4.78 is 16.2. The number of allylic oxidation sites excluding steroid dienone is 1. The maximum absolute atomic E-state index is 10.3. The van der Waals surface area contributed by atoms with E-state index in [0.717, 1.165) is 5.56 Å². The molecule has 0 saturated heterocycles. The number of nitrogens with two attached hydrogens (primary N) is 1. The van der Waals surface area contributed by atoms with Crippen molar-refractivity contribution in [1.82, 2.24) is 10.2 Å². The van der Waals surface area contributed by atoms with Crippen LogP contribution < -0.4 is 19.9 Å². The Balaban J connectivity index is 1.99. The van der Waals surface area contributed by atoms with Crippen LogP contribution in [-0.2, 0) is 0 Å². The molecule has 4 rings (SSSR count). The fraction of sp³-hybridized carbons (Fsp3) is 0.143. The molecule has 4 N–H and O–H groups in total. The number of phenols is 1. The Morgan fingerprint density at radius 3 is 2.41 bits per heavy atom. The zero-order valence-electron chi connectivity index (χ0n) is 15.8. The van der Waals surface area contributed by atoms with Gasteiger partial charge in [0.1, 0.15) is 11.6 Å². The van der Waals surface area contributed by atoms with Crippen LogP contribution in [0.3, 0.4) is 0 Å². The van der Waals surface area contributed by atoms with Crippen molar-refractivity contribution in [2.45, 2.75) is 5.92 Å². The summed E-state index contributed by atoms with van der Waals surface area (Å²) in [5.74, 6) is -0.0300. The van der Waals surface area contributed by atoms with E-state index in [1.165, 1.54) is 14.2 Å².